The van der Waals surface area contributed by atoms with E-state index in [1.165, 1.54) is 0 Å². The van der Waals surface area contributed by atoms with E-state index in [1.807, 2.05) is 32.0 Å². The molecule has 0 saturated heterocycles. The van der Waals surface area contributed by atoms with Crippen LogP contribution in [0.5, 0.6) is 0 Å². The summed E-state index contributed by atoms with van der Waals surface area (Å²) in [6.45, 7) is 6.64. The third-order valence-corrected chi connectivity index (χ3v) is 3.10. The molecular formula is C14H19N5O2. The van der Waals surface area contributed by atoms with Crippen LogP contribution in [0.1, 0.15) is 30.4 Å². The maximum atomic E-state index is 11.2. The van der Waals surface area contributed by atoms with Crippen LogP contribution in [0.3, 0.4) is 0 Å². The summed E-state index contributed by atoms with van der Waals surface area (Å²) in [6, 6.07) is 5.72. The number of nitrogens with one attached hydrogen (secondary N) is 1. The standard InChI is InChI=1S/C14H19N5O2/c1-4-8-18-14(13(19(20)21)11(3)17-18)15-9-12-7-5-6-10(2)16-12/h5-7,15H,4,8-9H2,1-3H3. The van der Waals surface area contributed by atoms with E-state index < -0.39 is 0 Å². The zero-order valence-corrected chi connectivity index (χ0v) is 12.5. The second-order valence-corrected chi connectivity index (χ2v) is 4.89. The molecule has 0 radical (unpaired) electrons. The molecule has 0 aliphatic carbocycles. The van der Waals surface area contributed by atoms with Crippen molar-refractivity contribution in [1.82, 2.24) is 14.8 Å². The van der Waals surface area contributed by atoms with Crippen LogP contribution in [-0.2, 0) is 13.1 Å². The number of hydrogen-bond donors (Lipinski definition) is 1. The van der Waals surface area contributed by atoms with Crippen molar-refractivity contribution < 1.29 is 4.92 Å². The molecule has 0 atom stereocenters. The minimum absolute atomic E-state index is 0.0381. The Morgan fingerprint density at radius 2 is 2.14 bits per heavy atom. The first-order valence-corrected chi connectivity index (χ1v) is 6.91. The van der Waals surface area contributed by atoms with Crippen LogP contribution in [0.2, 0.25) is 0 Å². The molecule has 7 nitrogen and oxygen atoms in total. The molecule has 0 fully saturated rings. The fourth-order valence-electron chi connectivity index (χ4n) is 2.21. The van der Waals surface area contributed by atoms with Crippen LogP contribution in [0.4, 0.5) is 11.5 Å². The maximum Gasteiger partial charge on any atom is 0.333 e. The molecule has 0 saturated carbocycles. The lowest BCUT2D eigenvalue weighted by atomic mass is 10.3. The van der Waals surface area contributed by atoms with E-state index in [9.17, 15) is 10.1 Å². The van der Waals surface area contributed by atoms with Gasteiger partial charge in [-0.1, -0.05) is 13.0 Å². The van der Waals surface area contributed by atoms with Gasteiger partial charge in [-0.3, -0.25) is 15.1 Å². The molecule has 0 bridgehead atoms. The second-order valence-electron chi connectivity index (χ2n) is 4.89. The summed E-state index contributed by atoms with van der Waals surface area (Å²) in [5.74, 6) is 0.447. The molecule has 0 amide bonds. The number of anilines is 1. The quantitative estimate of drug-likeness (QED) is 0.652. The highest BCUT2D eigenvalue weighted by Gasteiger charge is 2.24. The van der Waals surface area contributed by atoms with Gasteiger partial charge in [-0.05, 0) is 32.4 Å². The van der Waals surface area contributed by atoms with Gasteiger partial charge >= 0.3 is 5.69 Å². The van der Waals surface area contributed by atoms with Crippen LogP contribution in [-0.4, -0.2) is 19.7 Å². The SMILES string of the molecule is CCCn1nc(C)c([N+](=O)[O-])c1NCc1cccc(C)n1. The molecule has 0 aliphatic heterocycles. The van der Waals surface area contributed by atoms with Gasteiger partial charge in [-0.2, -0.15) is 5.10 Å². The first-order chi connectivity index (χ1) is 10.0. The molecule has 112 valence electrons. The first-order valence-electron chi connectivity index (χ1n) is 6.91. The number of hydrogen-bond acceptors (Lipinski definition) is 5. The maximum absolute atomic E-state index is 11.2. The molecule has 7 heteroatoms. The number of aromatic nitrogens is 3. The Bertz CT molecular complexity index is 651. The van der Waals surface area contributed by atoms with E-state index in [4.69, 9.17) is 0 Å². The number of aryl methyl sites for hydroxylation is 3. The second kappa shape index (κ2) is 6.34. The molecular weight excluding hydrogens is 270 g/mol. The molecule has 0 spiro atoms. The van der Waals surface area contributed by atoms with Gasteiger partial charge in [0.05, 0.1) is 17.2 Å². The Kier molecular flexibility index (Phi) is 4.52. The zero-order chi connectivity index (χ0) is 15.4. The molecule has 0 aromatic carbocycles. The van der Waals surface area contributed by atoms with E-state index in [-0.39, 0.29) is 10.6 Å². The van der Waals surface area contributed by atoms with Gasteiger partial charge in [0.25, 0.3) is 0 Å². The summed E-state index contributed by atoms with van der Waals surface area (Å²) in [5, 5.41) is 18.6. The van der Waals surface area contributed by atoms with E-state index in [0.717, 1.165) is 17.8 Å². The average molecular weight is 289 g/mol. The zero-order valence-electron chi connectivity index (χ0n) is 12.5. The van der Waals surface area contributed by atoms with Gasteiger partial charge in [0.1, 0.15) is 5.69 Å². The van der Waals surface area contributed by atoms with Crippen molar-refractivity contribution in [3.8, 4) is 0 Å². The van der Waals surface area contributed by atoms with Crippen LogP contribution in [0.25, 0.3) is 0 Å². The van der Waals surface area contributed by atoms with Crippen molar-refractivity contribution in [2.24, 2.45) is 0 Å². The predicted octanol–water partition coefficient (Wildman–Crippen LogP) is 2.83. The van der Waals surface area contributed by atoms with E-state index >= 15 is 0 Å². The van der Waals surface area contributed by atoms with E-state index in [1.54, 1.807) is 11.6 Å². The normalized spacial score (nSPS) is 10.6. The molecule has 1 N–H and O–H groups in total. The molecule has 2 rings (SSSR count). The third-order valence-electron chi connectivity index (χ3n) is 3.10. The highest BCUT2D eigenvalue weighted by Crippen LogP contribution is 2.28. The van der Waals surface area contributed by atoms with Gasteiger partial charge in [-0.25, -0.2) is 4.68 Å². The largest absolute Gasteiger partial charge is 0.359 e. The summed E-state index contributed by atoms with van der Waals surface area (Å²) < 4.78 is 1.66. The number of rotatable bonds is 6. The summed E-state index contributed by atoms with van der Waals surface area (Å²) in [6.07, 6.45) is 0.857. The number of nitrogens with zero attached hydrogens (tertiary/aromatic N) is 4. The van der Waals surface area contributed by atoms with Gasteiger partial charge in [0, 0.05) is 12.2 Å². The molecule has 2 aromatic heterocycles. The molecule has 0 unspecified atom stereocenters. The van der Waals surface area contributed by atoms with Crippen LogP contribution in [0.15, 0.2) is 18.2 Å². The summed E-state index contributed by atoms with van der Waals surface area (Å²) >= 11 is 0. The topological polar surface area (TPSA) is 85.9 Å². The lowest BCUT2D eigenvalue weighted by Crippen LogP contribution is -2.10. The number of nitro groups is 1. The van der Waals surface area contributed by atoms with Crippen LogP contribution >= 0.6 is 0 Å². The van der Waals surface area contributed by atoms with E-state index in [0.29, 0.717) is 24.6 Å². The highest BCUT2D eigenvalue weighted by atomic mass is 16.6. The van der Waals surface area contributed by atoms with Gasteiger partial charge < -0.3 is 5.32 Å². The van der Waals surface area contributed by atoms with Crippen molar-refractivity contribution in [3.05, 3.63) is 45.4 Å². The first kappa shape index (κ1) is 15.0. The molecule has 0 aliphatic rings. The fraction of sp³-hybridized carbons (Fsp3) is 0.429. The van der Waals surface area contributed by atoms with Crippen molar-refractivity contribution in [2.45, 2.75) is 40.3 Å². The minimum Gasteiger partial charge on any atom is -0.359 e. The van der Waals surface area contributed by atoms with Gasteiger partial charge in [0.15, 0.2) is 0 Å². The summed E-state index contributed by atoms with van der Waals surface area (Å²) in [5.41, 5.74) is 2.22. The lowest BCUT2D eigenvalue weighted by Gasteiger charge is -2.08. The Hall–Kier alpha value is -2.44. The molecule has 21 heavy (non-hydrogen) atoms. The minimum atomic E-state index is -0.388. The van der Waals surface area contributed by atoms with Crippen LogP contribution in [0, 0.1) is 24.0 Å². The Morgan fingerprint density at radius 1 is 1.38 bits per heavy atom. The predicted molar refractivity (Wildman–Crippen MR) is 80.2 cm³/mol. The van der Waals surface area contributed by atoms with Gasteiger partial charge in [0.2, 0.25) is 5.82 Å². The molecule has 2 aromatic rings. The Labute approximate surface area is 123 Å². The summed E-state index contributed by atoms with van der Waals surface area (Å²) in [7, 11) is 0. The van der Waals surface area contributed by atoms with Crippen molar-refractivity contribution in [2.75, 3.05) is 5.32 Å². The number of pyridine rings is 1. The fourth-order valence-corrected chi connectivity index (χ4v) is 2.21. The van der Waals surface area contributed by atoms with Gasteiger partial charge in [-0.15, -0.1) is 0 Å². The Morgan fingerprint density at radius 3 is 2.76 bits per heavy atom. The van der Waals surface area contributed by atoms with E-state index in [2.05, 4.69) is 15.4 Å². The monoisotopic (exact) mass is 289 g/mol. The molecule has 2 heterocycles. The van der Waals surface area contributed by atoms with Crippen molar-refractivity contribution >= 4 is 11.5 Å². The highest BCUT2D eigenvalue weighted by molar-refractivity contribution is 5.59. The van der Waals surface area contributed by atoms with Crippen molar-refractivity contribution in [1.29, 1.82) is 0 Å². The third kappa shape index (κ3) is 3.36. The summed E-state index contributed by atoms with van der Waals surface area (Å²) in [4.78, 5) is 15.2. The Balaban J connectivity index is 2.27. The van der Waals surface area contributed by atoms with Crippen molar-refractivity contribution in [3.63, 3.8) is 0 Å². The smallest absolute Gasteiger partial charge is 0.333 e. The van der Waals surface area contributed by atoms with Crippen LogP contribution < -0.4 is 5.32 Å². The lowest BCUT2D eigenvalue weighted by molar-refractivity contribution is -0.384. The average Bonchev–Trinajstić information content (AvgIpc) is 2.73.